The van der Waals surface area contributed by atoms with Crippen molar-refractivity contribution in [1.29, 1.82) is 0 Å². The number of H-pyrrole nitrogens is 1. The number of aryl methyl sites for hydroxylation is 2. The predicted octanol–water partition coefficient (Wildman–Crippen LogP) is 5.71. The normalized spacial score (nSPS) is 19.1. The van der Waals surface area contributed by atoms with Gasteiger partial charge in [-0.3, -0.25) is 4.98 Å². The molecule has 1 aliphatic rings. The third-order valence-corrected chi connectivity index (χ3v) is 8.07. The molecule has 0 unspecified atom stereocenters. The van der Waals surface area contributed by atoms with E-state index >= 15 is 0 Å². The highest BCUT2D eigenvalue weighted by molar-refractivity contribution is 5.94. The summed E-state index contributed by atoms with van der Waals surface area (Å²) in [6.45, 7) is 15.5. The minimum Gasteiger partial charge on any atom is -0.389 e. The fourth-order valence-electron chi connectivity index (χ4n) is 6.01. The van der Waals surface area contributed by atoms with Crippen molar-refractivity contribution in [3.8, 4) is 11.3 Å². The average molecular weight is 489 g/mol. The fraction of sp³-hybridized carbons (Fsp3) is 0.552. The Kier molecular flexibility index (Phi) is 6.41. The summed E-state index contributed by atoms with van der Waals surface area (Å²) in [5, 5.41) is 19.4. The van der Waals surface area contributed by atoms with E-state index in [2.05, 4.69) is 61.2 Å². The molecule has 5 rings (SSSR count). The third kappa shape index (κ3) is 4.43. The third-order valence-electron chi connectivity index (χ3n) is 8.07. The SMILES string of the molecule is Cc1c(-c2[nH]c3cnc(C4CCC(NCC(C)(C)O)CC4)c(C)c3c2C(C)C)cn2ncnc2c1C. The number of aliphatic hydroxyl groups is 1. The van der Waals surface area contributed by atoms with E-state index in [0.717, 1.165) is 42.4 Å². The van der Waals surface area contributed by atoms with Gasteiger partial charge in [0.1, 0.15) is 6.33 Å². The van der Waals surface area contributed by atoms with Gasteiger partial charge in [-0.05, 0) is 88.5 Å². The maximum atomic E-state index is 10.1. The van der Waals surface area contributed by atoms with Gasteiger partial charge in [0.2, 0.25) is 0 Å². The van der Waals surface area contributed by atoms with Crippen molar-refractivity contribution >= 4 is 16.6 Å². The van der Waals surface area contributed by atoms with E-state index in [9.17, 15) is 5.11 Å². The van der Waals surface area contributed by atoms with Gasteiger partial charge in [-0.1, -0.05) is 13.8 Å². The summed E-state index contributed by atoms with van der Waals surface area (Å²) in [6, 6.07) is 0.472. The molecule has 3 N–H and O–H groups in total. The number of hydrogen-bond donors (Lipinski definition) is 3. The zero-order valence-corrected chi connectivity index (χ0v) is 22.7. The van der Waals surface area contributed by atoms with Gasteiger partial charge in [-0.25, -0.2) is 9.50 Å². The zero-order valence-electron chi connectivity index (χ0n) is 22.7. The van der Waals surface area contributed by atoms with Crippen LogP contribution >= 0.6 is 0 Å². The van der Waals surface area contributed by atoms with Crippen molar-refractivity contribution in [1.82, 2.24) is 29.9 Å². The first-order valence-electron chi connectivity index (χ1n) is 13.3. The second-order valence-electron chi connectivity index (χ2n) is 11.7. The molecule has 0 aromatic carbocycles. The van der Waals surface area contributed by atoms with Crippen LogP contribution in [-0.2, 0) is 0 Å². The lowest BCUT2D eigenvalue weighted by Gasteiger charge is -2.31. The van der Waals surface area contributed by atoms with Crippen LogP contribution in [0.2, 0.25) is 0 Å². The number of hydrogen-bond acceptors (Lipinski definition) is 5. The van der Waals surface area contributed by atoms with Crippen molar-refractivity contribution in [2.45, 2.75) is 97.6 Å². The van der Waals surface area contributed by atoms with Crippen LogP contribution in [0.5, 0.6) is 0 Å². The van der Waals surface area contributed by atoms with Crippen molar-refractivity contribution in [3.05, 3.63) is 46.7 Å². The Hall–Kier alpha value is -2.77. The van der Waals surface area contributed by atoms with Crippen LogP contribution in [0.1, 0.15) is 93.2 Å². The summed E-state index contributed by atoms with van der Waals surface area (Å²) in [7, 11) is 0. The Bertz CT molecular complexity index is 1400. The van der Waals surface area contributed by atoms with Crippen LogP contribution < -0.4 is 5.32 Å². The first kappa shape index (κ1) is 24.9. The Morgan fingerprint density at radius 3 is 2.47 bits per heavy atom. The summed E-state index contributed by atoms with van der Waals surface area (Å²) >= 11 is 0. The number of nitrogens with one attached hydrogen (secondary N) is 2. The molecule has 7 heteroatoms. The molecule has 1 saturated carbocycles. The Morgan fingerprint density at radius 2 is 1.81 bits per heavy atom. The smallest absolute Gasteiger partial charge is 0.158 e. The van der Waals surface area contributed by atoms with Crippen molar-refractivity contribution in [2.24, 2.45) is 0 Å². The molecule has 1 aliphatic carbocycles. The van der Waals surface area contributed by atoms with Gasteiger partial charge in [0.15, 0.2) is 5.65 Å². The molecular weight excluding hydrogens is 448 g/mol. The lowest BCUT2D eigenvalue weighted by molar-refractivity contribution is 0.0742. The number of aromatic amines is 1. The van der Waals surface area contributed by atoms with E-state index in [0.29, 0.717) is 24.4 Å². The van der Waals surface area contributed by atoms with Crippen molar-refractivity contribution < 1.29 is 5.11 Å². The predicted molar refractivity (Wildman–Crippen MR) is 146 cm³/mol. The van der Waals surface area contributed by atoms with Gasteiger partial charge < -0.3 is 15.4 Å². The van der Waals surface area contributed by atoms with E-state index < -0.39 is 5.60 Å². The highest BCUT2D eigenvalue weighted by atomic mass is 16.3. The average Bonchev–Trinajstić information content (AvgIpc) is 3.45. The lowest BCUT2D eigenvalue weighted by Crippen LogP contribution is -2.42. The molecule has 0 spiro atoms. The topological polar surface area (TPSA) is 91.1 Å². The van der Waals surface area contributed by atoms with Crippen LogP contribution in [0.3, 0.4) is 0 Å². The molecule has 0 saturated heterocycles. The summed E-state index contributed by atoms with van der Waals surface area (Å²) in [5.41, 5.74) is 9.97. The number of nitrogens with zero attached hydrogens (tertiary/aromatic N) is 4. The summed E-state index contributed by atoms with van der Waals surface area (Å²) in [6.07, 6.45) is 10.2. The van der Waals surface area contributed by atoms with Gasteiger partial charge >= 0.3 is 0 Å². The molecule has 192 valence electrons. The first-order valence-corrected chi connectivity index (χ1v) is 13.3. The molecule has 1 fully saturated rings. The van der Waals surface area contributed by atoms with Crippen LogP contribution in [-0.4, -0.2) is 47.9 Å². The van der Waals surface area contributed by atoms with Gasteiger partial charge in [-0.15, -0.1) is 0 Å². The highest BCUT2D eigenvalue weighted by Crippen LogP contribution is 2.42. The van der Waals surface area contributed by atoms with Crippen molar-refractivity contribution in [2.75, 3.05) is 6.54 Å². The van der Waals surface area contributed by atoms with E-state index in [-0.39, 0.29) is 0 Å². The van der Waals surface area contributed by atoms with Crippen LogP contribution in [0.15, 0.2) is 18.7 Å². The molecule has 4 aromatic rings. The Morgan fingerprint density at radius 1 is 1.08 bits per heavy atom. The number of rotatable bonds is 6. The number of aromatic nitrogens is 5. The molecule has 7 nitrogen and oxygen atoms in total. The molecule has 0 atom stereocenters. The summed E-state index contributed by atoms with van der Waals surface area (Å²) in [4.78, 5) is 13.2. The highest BCUT2D eigenvalue weighted by Gasteiger charge is 2.28. The maximum absolute atomic E-state index is 10.1. The molecule has 4 heterocycles. The van der Waals surface area contributed by atoms with Gasteiger partial charge in [0, 0.05) is 41.3 Å². The van der Waals surface area contributed by atoms with Crippen LogP contribution in [0.25, 0.3) is 27.8 Å². The Labute approximate surface area is 213 Å². The largest absolute Gasteiger partial charge is 0.389 e. The van der Waals surface area contributed by atoms with Gasteiger partial charge in [0.25, 0.3) is 0 Å². The van der Waals surface area contributed by atoms with E-state index in [1.807, 2.05) is 24.6 Å². The number of fused-ring (bicyclic) bond motifs is 2. The van der Waals surface area contributed by atoms with Crippen LogP contribution in [0.4, 0.5) is 0 Å². The fourth-order valence-corrected chi connectivity index (χ4v) is 6.01. The second kappa shape index (κ2) is 9.27. The number of pyridine rings is 2. The second-order valence-corrected chi connectivity index (χ2v) is 11.7. The maximum Gasteiger partial charge on any atom is 0.158 e. The molecule has 36 heavy (non-hydrogen) atoms. The molecular formula is C29H40N6O. The first-order chi connectivity index (χ1) is 17.0. The van der Waals surface area contributed by atoms with Crippen molar-refractivity contribution in [3.63, 3.8) is 0 Å². The molecule has 0 radical (unpaired) electrons. The van der Waals surface area contributed by atoms with Gasteiger partial charge in [0.05, 0.1) is 23.0 Å². The van der Waals surface area contributed by atoms with Crippen LogP contribution in [0, 0.1) is 20.8 Å². The lowest BCUT2D eigenvalue weighted by atomic mass is 9.81. The standard InChI is InChI=1S/C29H40N6O/c1-16(2)24-25-19(5)26(20-8-10-21(11-9-20)31-14-29(6,7)36)30-12-23(25)34-27(24)22-13-35-28(32-15-33-35)18(4)17(22)3/h12-13,15-16,20-21,31,34,36H,8-11,14H2,1-7H3. The van der Waals surface area contributed by atoms with E-state index in [1.54, 1.807) is 6.33 Å². The molecule has 0 bridgehead atoms. The molecule has 0 amide bonds. The molecule has 0 aliphatic heterocycles. The monoisotopic (exact) mass is 488 g/mol. The summed E-state index contributed by atoms with van der Waals surface area (Å²) in [5.74, 6) is 0.832. The molecule has 4 aromatic heterocycles. The Balaban J connectivity index is 1.52. The van der Waals surface area contributed by atoms with E-state index in [4.69, 9.17) is 4.98 Å². The zero-order chi connectivity index (χ0) is 25.8. The van der Waals surface area contributed by atoms with Gasteiger partial charge in [-0.2, -0.15) is 5.10 Å². The minimum atomic E-state index is -0.672. The summed E-state index contributed by atoms with van der Waals surface area (Å²) < 4.78 is 1.88. The minimum absolute atomic E-state index is 0.357. The quantitative estimate of drug-likeness (QED) is 0.323. The van der Waals surface area contributed by atoms with E-state index in [1.165, 1.54) is 39.0 Å².